The predicted octanol–water partition coefficient (Wildman–Crippen LogP) is 2.68. The topological polar surface area (TPSA) is 121 Å². The second kappa shape index (κ2) is 12.4. The van der Waals surface area contributed by atoms with Crippen LogP contribution in [0.4, 0.5) is 16.2 Å². The van der Waals surface area contributed by atoms with E-state index in [1.54, 1.807) is 41.0 Å². The molecule has 10 nitrogen and oxygen atoms in total. The van der Waals surface area contributed by atoms with Crippen molar-refractivity contribution in [1.82, 2.24) is 14.8 Å². The van der Waals surface area contributed by atoms with Gasteiger partial charge in [0.05, 0.1) is 24.5 Å². The molecule has 3 rings (SSSR count). The molecule has 4 amide bonds. The van der Waals surface area contributed by atoms with Crippen molar-refractivity contribution >= 4 is 58.3 Å². The third-order valence-electron chi connectivity index (χ3n) is 4.81. The highest BCUT2D eigenvalue weighted by Gasteiger charge is 2.25. The molecule has 1 saturated heterocycles. The second-order valence-electron chi connectivity index (χ2n) is 7.45. The molecule has 0 spiro atoms. The number of carbonyl (C=O) groups is 4. The molecule has 0 unspecified atom stereocenters. The molecule has 0 atom stereocenters. The summed E-state index contributed by atoms with van der Waals surface area (Å²) in [7, 11) is 0. The van der Waals surface area contributed by atoms with Crippen LogP contribution in [-0.4, -0.2) is 77.1 Å². The van der Waals surface area contributed by atoms with Crippen molar-refractivity contribution < 1.29 is 23.9 Å². The van der Waals surface area contributed by atoms with E-state index < -0.39 is 0 Å². The molecule has 34 heavy (non-hydrogen) atoms. The van der Waals surface area contributed by atoms with Gasteiger partial charge in [0.25, 0.3) is 0 Å². The van der Waals surface area contributed by atoms with Gasteiger partial charge >= 0.3 is 6.09 Å². The van der Waals surface area contributed by atoms with Crippen molar-refractivity contribution in [2.45, 2.75) is 24.6 Å². The van der Waals surface area contributed by atoms with Crippen molar-refractivity contribution in [3.05, 3.63) is 35.3 Å². The van der Waals surface area contributed by atoms with Gasteiger partial charge in [-0.25, -0.2) is 9.78 Å². The summed E-state index contributed by atoms with van der Waals surface area (Å²) < 4.78 is 5.70. The maximum absolute atomic E-state index is 12.6. The number of benzene rings is 1. The number of hydrogen-bond acceptors (Lipinski definition) is 8. The number of aromatic nitrogens is 1. The van der Waals surface area contributed by atoms with Gasteiger partial charge in [-0.3, -0.25) is 14.4 Å². The van der Waals surface area contributed by atoms with Crippen LogP contribution in [0.5, 0.6) is 0 Å². The number of nitrogens with zero attached hydrogens (tertiary/aromatic N) is 3. The number of ether oxygens (including phenoxy) is 1. The van der Waals surface area contributed by atoms with Crippen LogP contribution in [0.15, 0.2) is 34.0 Å². The van der Waals surface area contributed by atoms with E-state index in [4.69, 9.17) is 4.74 Å². The van der Waals surface area contributed by atoms with Crippen molar-refractivity contribution in [3.8, 4) is 0 Å². The first-order chi connectivity index (χ1) is 16.3. The Labute approximate surface area is 206 Å². The number of anilines is 2. The van der Waals surface area contributed by atoms with Crippen LogP contribution in [0.1, 0.15) is 19.5 Å². The third-order valence-corrected chi connectivity index (χ3v) is 6.88. The van der Waals surface area contributed by atoms with Crippen molar-refractivity contribution in [3.63, 3.8) is 0 Å². The first-order valence-corrected chi connectivity index (χ1v) is 12.6. The van der Waals surface area contributed by atoms with Gasteiger partial charge in [-0.15, -0.1) is 11.3 Å². The van der Waals surface area contributed by atoms with Crippen LogP contribution in [0.2, 0.25) is 0 Å². The summed E-state index contributed by atoms with van der Waals surface area (Å²) >= 11 is 2.69. The molecule has 182 valence electrons. The number of rotatable bonds is 8. The van der Waals surface area contributed by atoms with Gasteiger partial charge in [0.2, 0.25) is 17.7 Å². The molecule has 1 aliphatic rings. The average molecular weight is 506 g/mol. The molecular weight excluding hydrogens is 478 g/mol. The summed E-state index contributed by atoms with van der Waals surface area (Å²) in [5.41, 5.74) is 1.86. The number of piperazine rings is 1. The van der Waals surface area contributed by atoms with Gasteiger partial charge in [-0.1, -0.05) is 17.8 Å². The lowest BCUT2D eigenvalue weighted by Gasteiger charge is -2.34. The molecule has 2 N–H and O–H groups in total. The van der Waals surface area contributed by atoms with E-state index in [-0.39, 0.29) is 36.0 Å². The maximum Gasteiger partial charge on any atom is 0.409 e. The molecule has 2 heterocycles. The predicted molar refractivity (Wildman–Crippen MR) is 131 cm³/mol. The van der Waals surface area contributed by atoms with E-state index >= 15 is 0 Å². The standard InChI is InChI=1S/C22H27N5O5S2/c1-3-32-22(31)27-9-7-26(8-10-27)20(30)12-18-13-33-21(25-18)34-14-19(29)24-17-6-4-5-16(11-17)23-15(2)28/h4-6,11,13H,3,7-10,12,14H2,1-2H3,(H,23,28)(H,24,29). The van der Waals surface area contributed by atoms with Crippen LogP contribution in [0.3, 0.4) is 0 Å². The number of nitrogens with one attached hydrogen (secondary N) is 2. The highest BCUT2D eigenvalue weighted by Crippen LogP contribution is 2.24. The van der Waals surface area contributed by atoms with Crippen LogP contribution in [-0.2, 0) is 25.5 Å². The zero-order valence-corrected chi connectivity index (χ0v) is 20.7. The zero-order valence-electron chi connectivity index (χ0n) is 19.0. The minimum Gasteiger partial charge on any atom is -0.450 e. The molecule has 12 heteroatoms. The fraction of sp³-hybridized carbons (Fsp3) is 0.409. The maximum atomic E-state index is 12.6. The van der Waals surface area contributed by atoms with E-state index in [1.807, 2.05) is 5.38 Å². The molecule has 2 aromatic rings. The van der Waals surface area contributed by atoms with Crippen LogP contribution >= 0.6 is 23.1 Å². The lowest BCUT2D eigenvalue weighted by Crippen LogP contribution is -2.51. The van der Waals surface area contributed by atoms with Gasteiger partial charge in [0.15, 0.2) is 4.34 Å². The zero-order chi connectivity index (χ0) is 24.5. The highest BCUT2D eigenvalue weighted by atomic mass is 32.2. The molecular formula is C22H27N5O5S2. The lowest BCUT2D eigenvalue weighted by atomic mass is 10.2. The van der Waals surface area contributed by atoms with Gasteiger partial charge < -0.3 is 25.2 Å². The summed E-state index contributed by atoms with van der Waals surface area (Å²) in [5, 5.41) is 7.29. The lowest BCUT2D eigenvalue weighted by molar-refractivity contribution is -0.132. The van der Waals surface area contributed by atoms with Crippen LogP contribution in [0, 0.1) is 0 Å². The largest absolute Gasteiger partial charge is 0.450 e. The smallest absolute Gasteiger partial charge is 0.409 e. The van der Waals surface area contributed by atoms with E-state index in [1.165, 1.54) is 30.0 Å². The minimum atomic E-state index is -0.347. The highest BCUT2D eigenvalue weighted by molar-refractivity contribution is 8.01. The Hall–Kier alpha value is -3.12. The van der Waals surface area contributed by atoms with E-state index in [9.17, 15) is 19.2 Å². The average Bonchev–Trinajstić information content (AvgIpc) is 3.25. The van der Waals surface area contributed by atoms with Crippen LogP contribution < -0.4 is 10.6 Å². The first-order valence-electron chi connectivity index (χ1n) is 10.8. The summed E-state index contributed by atoms with van der Waals surface area (Å²) in [4.78, 5) is 55.6. The number of carbonyl (C=O) groups excluding carboxylic acids is 4. The fourth-order valence-electron chi connectivity index (χ4n) is 3.26. The van der Waals surface area contributed by atoms with Crippen molar-refractivity contribution in [2.75, 3.05) is 49.2 Å². The molecule has 0 aliphatic carbocycles. The Morgan fingerprint density at radius 2 is 1.76 bits per heavy atom. The Bertz CT molecular complexity index is 1040. The first kappa shape index (κ1) is 25.5. The van der Waals surface area contributed by atoms with Gasteiger partial charge in [0.1, 0.15) is 0 Å². The number of amides is 4. The SMILES string of the molecule is CCOC(=O)N1CCN(C(=O)Cc2csc(SCC(=O)Nc3cccc(NC(C)=O)c3)n2)CC1. The summed E-state index contributed by atoms with van der Waals surface area (Å²) in [6.07, 6.45) is -0.168. The van der Waals surface area contributed by atoms with E-state index in [0.717, 1.165) is 0 Å². The van der Waals surface area contributed by atoms with Crippen LogP contribution in [0.25, 0.3) is 0 Å². The van der Waals surface area contributed by atoms with Crippen molar-refractivity contribution in [2.24, 2.45) is 0 Å². The molecule has 1 fully saturated rings. The van der Waals surface area contributed by atoms with Gasteiger partial charge in [-0.2, -0.15) is 0 Å². The molecule has 0 bridgehead atoms. The number of thiazole rings is 1. The van der Waals surface area contributed by atoms with Gasteiger partial charge in [-0.05, 0) is 25.1 Å². The molecule has 0 saturated carbocycles. The Balaban J connectivity index is 1.42. The Morgan fingerprint density at radius 3 is 2.44 bits per heavy atom. The molecule has 1 aromatic heterocycles. The molecule has 0 radical (unpaired) electrons. The monoisotopic (exact) mass is 505 g/mol. The van der Waals surface area contributed by atoms with Crippen molar-refractivity contribution in [1.29, 1.82) is 0 Å². The Kier molecular flexibility index (Phi) is 9.28. The Morgan fingerprint density at radius 1 is 1.09 bits per heavy atom. The van der Waals surface area contributed by atoms with E-state index in [2.05, 4.69) is 15.6 Å². The molecule has 1 aliphatic heterocycles. The number of thioether (sulfide) groups is 1. The number of hydrogen-bond donors (Lipinski definition) is 2. The molecule has 1 aromatic carbocycles. The fourth-order valence-corrected chi connectivity index (χ4v) is 4.90. The van der Waals surface area contributed by atoms with Gasteiger partial charge in [0, 0.05) is 49.9 Å². The normalized spacial score (nSPS) is 13.4. The summed E-state index contributed by atoms with van der Waals surface area (Å²) in [6, 6.07) is 6.91. The van der Waals surface area contributed by atoms with E-state index in [0.29, 0.717) is 54.2 Å². The summed E-state index contributed by atoms with van der Waals surface area (Å²) in [5.74, 6) is -0.253. The summed E-state index contributed by atoms with van der Waals surface area (Å²) in [6.45, 7) is 5.34. The second-order valence-corrected chi connectivity index (χ2v) is 9.53. The third kappa shape index (κ3) is 7.73. The quantitative estimate of drug-likeness (QED) is 0.529. The minimum absolute atomic E-state index is 0.0397.